The average molecular weight is 248 g/mol. The van der Waals surface area contributed by atoms with E-state index in [1.807, 2.05) is 17.5 Å². The molecule has 1 rings (SSSR count). The largest absolute Gasteiger partial charge is 0.316 e. The Labute approximate surface area is 101 Å². The molecule has 1 aromatic heterocycles. The Morgan fingerprint density at radius 2 is 2.27 bits per heavy atom. The van der Waals surface area contributed by atoms with Crippen molar-refractivity contribution < 1.29 is 4.79 Å². The van der Waals surface area contributed by atoms with Gasteiger partial charge in [0.1, 0.15) is 0 Å². The van der Waals surface area contributed by atoms with E-state index in [0.717, 1.165) is 18.0 Å². The average Bonchev–Trinajstić information content (AvgIpc) is 2.70. The maximum Gasteiger partial charge on any atom is 0.174 e. The molecule has 15 heavy (non-hydrogen) atoms. The van der Waals surface area contributed by atoms with Gasteiger partial charge in [-0.1, -0.05) is 19.4 Å². The fourth-order valence-electron chi connectivity index (χ4n) is 1.19. The molecule has 86 valence electrons. The van der Waals surface area contributed by atoms with Crippen molar-refractivity contribution >= 4 is 29.5 Å². The molecule has 1 aromatic rings. The van der Waals surface area contributed by atoms with E-state index in [1.54, 1.807) is 0 Å². The van der Waals surface area contributed by atoms with Gasteiger partial charge in [0.25, 0.3) is 0 Å². The molecule has 0 amide bonds. The van der Waals surface area contributed by atoms with Crippen LogP contribution >= 0.6 is 23.7 Å². The summed E-state index contributed by atoms with van der Waals surface area (Å²) >= 11 is 1.52. The normalized spacial score (nSPS) is 9.67. The molecule has 0 aliphatic heterocycles. The Morgan fingerprint density at radius 3 is 2.87 bits per heavy atom. The van der Waals surface area contributed by atoms with Crippen LogP contribution in [0.15, 0.2) is 17.5 Å². The lowest BCUT2D eigenvalue weighted by Crippen LogP contribution is -2.19. The van der Waals surface area contributed by atoms with Gasteiger partial charge < -0.3 is 5.32 Å². The first kappa shape index (κ1) is 14.6. The van der Waals surface area contributed by atoms with Crippen LogP contribution in [0.1, 0.15) is 35.9 Å². The molecule has 0 fully saturated rings. The van der Waals surface area contributed by atoms with Crippen molar-refractivity contribution in [2.45, 2.75) is 26.2 Å². The third-order valence-corrected chi connectivity index (χ3v) is 2.94. The minimum Gasteiger partial charge on any atom is -0.316 e. The maximum absolute atomic E-state index is 11.5. The lowest BCUT2D eigenvalue weighted by atomic mass is 10.2. The highest BCUT2D eigenvalue weighted by molar-refractivity contribution is 7.12. The molecular weight excluding hydrogens is 230 g/mol. The number of unbranched alkanes of at least 4 members (excludes halogenated alkanes) is 1. The first-order valence-corrected chi connectivity index (χ1v) is 6.00. The molecular formula is C11H18ClNOS. The Morgan fingerprint density at radius 1 is 1.47 bits per heavy atom. The lowest BCUT2D eigenvalue weighted by molar-refractivity contribution is 0.0986. The number of rotatable bonds is 7. The second-order valence-electron chi connectivity index (χ2n) is 3.25. The topological polar surface area (TPSA) is 29.1 Å². The van der Waals surface area contributed by atoms with E-state index in [9.17, 15) is 4.79 Å². The molecule has 2 nitrogen and oxygen atoms in total. The van der Waals surface area contributed by atoms with Crippen LogP contribution in [0.25, 0.3) is 0 Å². The van der Waals surface area contributed by atoms with Crippen molar-refractivity contribution in [1.82, 2.24) is 5.32 Å². The molecule has 1 N–H and O–H groups in total. The Kier molecular flexibility index (Phi) is 8.67. The number of hydrogen-bond acceptors (Lipinski definition) is 3. The van der Waals surface area contributed by atoms with Crippen LogP contribution in [-0.2, 0) is 0 Å². The van der Waals surface area contributed by atoms with E-state index in [0.29, 0.717) is 6.42 Å². The van der Waals surface area contributed by atoms with Gasteiger partial charge >= 0.3 is 0 Å². The molecule has 0 aromatic carbocycles. The van der Waals surface area contributed by atoms with Crippen LogP contribution in [-0.4, -0.2) is 18.9 Å². The Balaban J connectivity index is 0.00000196. The number of ketones is 1. The summed E-state index contributed by atoms with van der Waals surface area (Å²) < 4.78 is 0. The van der Waals surface area contributed by atoms with Crippen molar-refractivity contribution in [3.63, 3.8) is 0 Å². The van der Waals surface area contributed by atoms with Gasteiger partial charge in [-0.25, -0.2) is 0 Å². The Bertz CT molecular complexity index is 262. The molecule has 1 heterocycles. The predicted octanol–water partition coefficient (Wildman–Crippen LogP) is 3.13. The molecule has 0 spiro atoms. The van der Waals surface area contributed by atoms with Crippen LogP contribution < -0.4 is 5.32 Å². The highest BCUT2D eigenvalue weighted by atomic mass is 35.5. The van der Waals surface area contributed by atoms with E-state index in [2.05, 4.69) is 12.2 Å². The molecule has 0 atom stereocenters. The van der Waals surface area contributed by atoms with Crippen LogP contribution in [0.4, 0.5) is 0 Å². The first-order chi connectivity index (χ1) is 6.84. The summed E-state index contributed by atoms with van der Waals surface area (Å²) in [7, 11) is 0. The van der Waals surface area contributed by atoms with Crippen molar-refractivity contribution in [3.8, 4) is 0 Å². The van der Waals surface area contributed by atoms with Gasteiger partial charge in [-0.3, -0.25) is 4.79 Å². The predicted molar refractivity (Wildman–Crippen MR) is 68.3 cm³/mol. The second-order valence-corrected chi connectivity index (χ2v) is 4.20. The number of Topliss-reactive ketones (excluding diaryl/α,β-unsaturated/α-hetero) is 1. The third kappa shape index (κ3) is 5.92. The summed E-state index contributed by atoms with van der Waals surface area (Å²) in [5, 5.41) is 5.21. The fraction of sp³-hybridized carbons (Fsp3) is 0.545. The SMILES string of the molecule is CCCCNCCC(=O)c1cccs1.Cl. The number of halogens is 1. The Hall–Kier alpha value is -0.380. The molecule has 0 unspecified atom stereocenters. The molecule has 0 aliphatic rings. The monoisotopic (exact) mass is 247 g/mol. The summed E-state index contributed by atoms with van der Waals surface area (Å²) in [5.41, 5.74) is 0. The van der Waals surface area contributed by atoms with E-state index < -0.39 is 0 Å². The fourth-order valence-corrected chi connectivity index (χ4v) is 1.88. The molecule has 0 aliphatic carbocycles. The number of carbonyl (C=O) groups excluding carboxylic acids is 1. The summed E-state index contributed by atoms with van der Waals surface area (Å²) in [6, 6.07) is 3.81. The molecule has 0 radical (unpaired) electrons. The number of thiophene rings is 1. The highest BCUT2D eigenvalue weighted by Gasteiger charge is 2.04. The summed E-state index contributed by atoms with van der Waals surface area (Å²) in [6.45, 7) is 3.99. The standard InChI is InChI=1S/C11H17NOS.ClH/c1-2-3-7-12-8-6-10(13)11-5-4-9-14-11;/h4-5,9,12H,2-3,6-8H2,1H3;1H. The molecule has 0 saturated carbocycles. The van der Waals surface area contributed by atoms with Crippen LogP contribution in [0, 0.1) is 0 Å². The van der Waals surface area contributed by atoms with Crippen LogP contribution in [0.5, 0.6) is 0 Å². The van der Waals surface area contributed by atoms with Crippen molar-refractivity contribution in [2.24, 2.45) is 0 Å². The molecule has 0 saturated heterocycles. The smallest absolute Gasteiger partial charge is 0.174 e. The minimum atomic E-state index is 0. The number of hydrogen-bond donors (Lipinski definition) is 1. The van der Waals surface area contributed by atoms with Crippen LogP contribution in [0.2, 0.25) is 0 Å². The minimum absolute atomic E-state index is 0. The zero-order chi connectivity index (χ0) is 10.2. The van der Waals surface area contributed by atoms with E-state index >= 15 is 0 Å². The van der Waals surface area contributed by atoms with Crippen molar-refractivity contribution in [3.05, 3.63) is 22.4 Å². The van der Waals surface area contributed by atoms with Gasteiger partial charge in [0.05, 0.1) is 4.88 Å². The quantitative estimate of drug-likeness (QED) is 0.593. The maximum atomic E-state index is 11.5. The molecule has 4 heteroatoms. The van der Waals surface area contributed by atoms with Crippen LogP contribution in [0.3, 0.4) is 0 Å². The van der Waals surface area contributed by atoms with E-state index in [-0.39, 0.29) is 18.2 Å². The van der Waals surface area contributed by atoms with Gasteiger partial charge in [-0.15, -0.1) is 23.7 Å². The molecule has 0 bridgehead atoms. The first-order valence-electron chi connectivity index (χ1n) is 5.12. The van der Waals surface area contributed by atoms with E-state index in [1.165, 1.54) is 24.2 Å². The summed E-state index contributed by atoms with van der Waals surface area (Å²) in [4.78, 5) is 12.4. The summed E-state index contributed by atoms with van der Waals surface area (Å²) in [5.74, 6) is 0.254. The number of nitrogens with one attached hydrogen (secondary N) is 1. The van der Waals surface area contributed by atoms with Gasteiger partial charge in [0, 0.05) is 13.0 Å². The highest BCUT2D eigenvalue weighted by Crippen LogP contribution is 2.10. The van der Waals surface area contributed by atoms with Crippen molar-refractivity contribution in [1.29, 1.82) is 0 Å². The second kappa shape index (κ2) is 8.89. The van der Waals surface area contributed by atoms with Gasteiger partial charge in [-0.05, 0) is 24.4 Å². The zero-order valence-corrected chi connectivity index (χ0v) is 10.6. The third-order valence-electron chi connectivity index (χ3n) is 2.03. The van der Waals surface area contributed by atoms with Gasteiger partial charge in [-0.2, -0.15) is 0 Å². The lowest BCUT2D eigenvalue weighted by Gasteiger charge is -2.01. The zero-order valence-electron chi connectivity index (χ0n) is 8.99. The van der Waals surface area contributed by atoms with E-state index in [4.69, 9.17) is 0 Å². The number of carbonyl (C=O) groups is 1. The summed E-state index contributed by atoms with van der Waals surface area (Å²) in [6.07, 6.45) is 3.00. The van der Waals surface area contributed by atoms with Crippen molar-refractivity contribution in [2.75, 3.05) is 13.1 Å². The van der Waals surface area contributed by atoms with Gasteiger partial charge in [0.2, 0.25) is 0 Å². The van der Waals surface area contributed by atoms with Gasteiger partial charge in [0.15, 0.2) is 5.78 Å².